The molecule has 0 N–H and O–H groups in total. The fourth-order valence-corrected chi connectivity index (χ4v) is 8.57. The van der Waals surface area contributed by atoms with Crippen LogP contribution in [0.5, 0.6) is 11.5 Å². The molecule has 0 aliphatic heterocycles. The molecule has 0 atom stereocenters. The van der Waals surface area contributed by atoms with E-state index in [2.05, 4.69) is 182 Å². The zero-order valence-corrected chi connectivity index (χ0v) is 38.0. The van der Waals surface area contributed by atoms with Crippen molar-refractivity contribution in [3.8, 4) is 116 Å². The molecule has 1 aromatic heterocycles. The molecule has 0 saturated carbocycles. The van der Waals surface area contributed by atoms with Gasteiger partial charge >= 0.3 is 0 Å². The smallest absolute Gasteiger partial charge is 0.248 e. The van der Waals surface area contributed by atoms with Crippen molar-refractivity contribution in [2.75, 3.05) is 6.61 Å². The first-order valence-electron chi connectivity index (χ1n) is 22.9. The van der Waals surface area contributed by atoms with E-state index >= 15 is 0 Å². The van der Waals surface area contributed by atoms with Gasteiger partial charge in [-0.05, 0) is 164 Å². The summed E-state index contributed by atoms with van der Waals surface area (Å²) >= 11 is 0. The van der Waals surface area contributed by atoms with Crippen LogP contribution in [-0.2, 0) is 0 Å². The minimum atomic E-state index is 0.481. The molecule has 9 aromatic rings. The van der Waals surface area contributed by atoms with Gasteiger partial charge in [-0.15, -0.1) is 16.6 Å². The number of terminal acetylenes is 1. The van der Waals surface area contributed by atoms with E-state index in [1.807, 2.05) is 36.4 Å². The van der Waals surface area contributed by atoms with E-state index in [0.717, 1.165) is 73.7 Å². The zero-order chi connectivity index (χ0) is 46.0. The van der Waals surface area contributed by atoms with Crippen LogP contribution in [0.2, 0.25) is 0 Å². The van der Waals surface area contributed by atoms with Crippen molar-refractivity contribution in [3.63, 3.8) is 0 Å². The van der Waals surface area contributed by atoms with Crippen LogP contribution >= 0.6 is 0 Å². The molecule has 0 fully saturated rings. The first-order chi connectivity index (χ1) is 32.9. The standard InChI is InChI=1S/C62H48N2O3/c1-5-7-9-11-13-15-37-65-53-32-28-46(29-33-53)59-55-35-19-44(4)39-57(55)60(52-27-26-50-41-54(34-30-49(50)40-52)66-38-16-14-12-10-8-6-2)56-36-31-51(42-58(56)59)45-22-24-48(25-23-45)62-64-63-61(67-62)47-20-17-43(3)18-21-47/h2,17-36,39-42H,5,7,9,11,13,15,37H2,1,3-4H3. The van der Waals surface area contributed by atoms with Crippen molar-refractivity contribution in [2.24, 2.45) is 0 Å². The van der Waals surface area contributed by atoms with Crippen molar-refractivity contribution < 1.29 is 13.9 Å². The van der Waals surface area contributed by atoms with E-state index < -0.39 is 0 Å². The molecule has 0 radical (unpaired) electrons. The lowest BCUT2D eigenvalue weighted by Gasteiger charge is -2.20. The molecular formula is C62H48N2O3. The lowest BCUT2D eigenvalue weighted by Crippen LogP contribution is -1.97. The number of ether oxygens (including phenoxy) is 2. The monoisotopic (exact) mass is 868 g/mol. The number of unbranched alkanes of at least 4 members (excludes halogenated alkanes) is 5. The van der Waals surface area contributed by atoms with E-state index in [9.17, 15) is 0 Å². The predicted molar refractivity (Wildman–Crippen MR) is 275 cm³/mol. The maximum absolute atomic E-state index is 6.26. The number of fused-ring (bicyclic) bond motifs is 3. The second-order valence-corrected chi connectivity index (χ2v) is 16.8. The predicted octanol–water partition coefficient (Wildman–Crippen LogP) is 15.2. The Balaban J connectivity index is 1.11. The van der Waals surface area contributed by atoms with Crippen molar-refractivity contribution in [3.05, 3.63) is 157 Å². The van der Waals surface area contributed by atoms with Crippen LogP contribution in [0.1, 0.15) is 56.6 Å². The molecule has 324 valence electrons. The molecular weight excluding hydrogens is 821 g/mol. The van der Waals surface area contributed by atoms with Gasteiger partial charge in [0, 0.05) is 28.9 Å². The molecule has 1 heterocycles. The third-order valence-electron chi connectivity index (χ3n) is 12.0. The molecule has 5 heteroatoms. The highest BCUT2D eigenvalue weighted by atomic mass is 16.5. The Kier molecular flexibility index (Phi) is 13.4. The summed E-state index contributed by atoms with van der Waals surface area (Å²) in [6.45, 7) is 7.20. The van der Waals surface area contributed by atoms with E-state index in [4.69, 9.17) is 20.3 Å². The topological polar surface area (TPSA) is 57.4 Å². The Morgan fingerprint density at radius 2 is 1.01 bits per heavy atom. The molecule has 0 aliphatic carbocycles. The molecule has 0 amide bonds. The molecule has 0 aliphatic rings. The Morgan fingerprint density at radius 3 is 1.78 bits per heavy atom. The highest BCUT2D eigenvalue weighted by Crippen LogP contribution is 2.46. The Hall–Kier alpha value is -8.48. The van der Waals surface area contributed by atoms with Crippen LogP contribution in [0, 0.1) is 61.9 Å². The van der Waals surface area contributed by atoms with Gasteiger partial charge in [-0.1, -0.05) is 135 Å². The summed E-state index contributed by atoms with van der Waals surface area (Å²) < 4.78 is 18.1. The van der Waals surface area contributed by atoms with Gasteiger partial charge in [0.25, 0.3) is 0 Å². The number of benzene rings is 8. The zero-order valence-electron chi connectivity index (χ0n) is 38.0. The SMILES string of the molecule is C#CC#CC#CC#COc1ccc2cc(-c3c4ccc(-c5ccc(-c6nnc(-c7ccc(C)cc7)o6)cc5)cc4c(-c4ccc(OCCCCCCCC)cc4)c4ccc(C)cc34)ccc2c1. The van der Waals surface area contributed by atoms with E-state index in [0.29, 0.717) is 17.5 Å². The van der Waals surface area contributed by atoms with Gasteiger partial charge in [-0.25, -0.2) is 0 Å². The molecule has 67 heavy (non-hydrogen) atoms. The average Bonchev–Trinajstić information content (AvgIpc) is 3.86. The van der Waals surface area contributed by atoms with Crippen molar-refractivity contribution >= 4 is 32.3 Å². The maximum atomic E-state index is 6.26. The lowest BCUT2D eigenvalue weighted by molar-refractivity contribution is 0.304. The number of aromatic nitrogens is 2. The molecule has 0 saturated heterocycles. The normalized spacial score (nSPS) is 10.7. The summed E-state index contributed by atoms with van der Waals surface area (Å²) in [5.74, 6) is 17.6. The van der Waals surface area contributed by atoms with Gasteiger partial charge in [0.05, 0.1) is 6.61 Å². The number of aryl methyl sites for hydroxylation is 2. The molecule has 0 unspecified atom stereocenters. The minimum Gasteiger partial charge on any atom is -0.494 e. The summed E-state index contributed by atoms with van der Waals surface area (Å²) in [7, 11) is 0. The van der Waals surface area contributed by atoms with Gasteiger partial charge in [0.15, 0.2) is 0 Å². The maximum Gasteiger partial charge on any atom is 0.248 e. The molecule has 5 nitrogen and oxygen atoms in total. The third kappa shape index (κ3) is 10.1. The highest BCUT2D eigenvalue weighted by molar-refractivity contribution is 6.22. The fraction of sp³-hybridized carbons (Fsp3) is 0.161. The largest absolute Gasteiger partial charge is 0.494 e. The van der Waals surface area contributed by atoms with Gasteiger partial charge in [-0.2, -0.15) is 0 Å². The minimum absolute atomic E-state index is 0.481. The molecule has 9 rings (SSSR count). The summed E-state index contributed by atoms with van der Waals surface area (Å²) in [5, 5.41) is 15.5. The molecule has 0 bridgehead atoms. The first kappa shape index (κ1) is 43.8. The Bertz CT molecular complexity index is 3480. The quantitative estimate of drug-likeness (QED) is 0.0619. The van der Waals surface area contributed by atoms with Crippen LogP contribution < -0.4 is 9.47 Å². The summed E-state index contributed by atoms with van der Waals surface area (Å²) in [6.07, 6.45) is 15.2. The second-order valence-electron chi connectivity index (χ2n) is 16.8. The number of nitrogens with zero attached hydrogens (tertiary/aromatic N) is 2. The fourth-order valence-electron chi connectivity index (χ4n) is 8.57. The molecule has 0 spiro atoms. The first-order valence-corrected chi connectivity index (χ1v) is 22.9. The molecule has 8 aromatic carbocycles. The van der Waals surface area contributed by atoms with Crippen LogP contribution in [0.4, 0.5) is 0 Å². The van der Waals surface area contributed by atoms with Crippen molar-refractivity contribution in [1.29, 1.82) is 0 Å². The van der Waals surface area contributed by atoms with Gasteiger partial charge in [0.2, 0.25) is 11.8 Å². The van der Waals surface area contributed by atoms with E-state index in [-0.39, 0.29) is 0 Å². The van der Waals surface area contributed by atoms with E-state index in [1.54, 1.807) is 0 Å². The second kappa shape index (κ2) is 20.6. The van der Waals surface area contributed by atoms with Gasteiger partial charge < -0.3 is 13.9 Å². The number of hydrogen-bond acceptors (Lipinski definition) is 5. The highest BCUT2D eigenvalue weighted by Gasteiger charge is 2.19. The van der Waals surface area contributed by atoms with Crippen LogP contribution in [0.25, 0.3) is 88.6 Å². The Labute approximate surface area is 393 Å². The van der Waals surface area contributed by atoms with Crippen LogP contribution in [0.3, 0.4) is 0 Å². The summed E-state index contributed by atoms with van der Waals surface area (Å²) in [6, 6.07) is 51.4. The Morgan fingerprint density at radius 1 is 0.463 bits per heavy atom. The van der Waals surface area contributed by atoms with Crippen molar-refractivity contribution in [2.45, 2.75) is 59.3 Å². The van der Waals surface area contributed by atoms with Gasteiger partial charge in [0.1, 0.15) is 17.6 Å². The third-order valence-corrected chi connectivity index (χ3v) is 12.0. The number of hydrogen-bond donors (Lipinski definition) is 0. The van der Waals surface area contributed by atoms with Crippen LogP contribution in [0.15, 0.2) is 150 Å². The average molecular weight is 869 g/mol. The number of rotatable bonds is 14. The van der Waals surface area contributed by atoms with Crippen LogP contribution in [-0.4, -0.2) is 16.8 Å². The van der Waals surface area contributed by atoms with Crippen molar-refractivity contribution in [1.82, 2.24) is 10.2 Å². The lowest BCUT2D eigenvalue weighted by atomic mass is 9.84. The van der Waals surface area contributed by atoms with E-state index in [1.165, 1.54) is 65.1 Å². The van der Waals surface area contributed by atoms with Gasteiger partial charge in [-0.3, -0.25) is 0 Å². The summed E-state index contributed by atoms with van der Waals surface area (Å²) in [5.41, 5.74) is 10.9. The summed E-state index contributed by atoms with van der Waals surface area (Å²) in [4.78, 5) is 0.